The summed E-state index contributed by atoms with van der Waals surface area (Å²) in [6.07, 6.45) is 1.91. The van der Waals surface area contributed by atoms with Gasteiger partial charge < -0.3 is 14.1 Å². The zero-order chi connectivity index (χ0) is 42.0. The first-order valence-electron chi connectivity index (χ1n) is 22.2. The molecule has 0 fully saturated rings. The predicted molar refractivity (Wildman–Crippen MR) is 253 cm³/mol. The number of rotatable bonds is 2. The first-order valence-corrected chi connectivity index (χ1v) is 22.2. The summed E-state index contributed by atoms with van der Waals surface area (Å²) in [5.74, 6) is 3.07. The Labute approximate surface area is 361 Å². The van der Waals surface area contributed by atoms with E-state index in [1.54, 1.807) is 0 Å². The minimum absolute atomic E-state index is 0.0393. The monoisotopic (exact) mass is 796 g/mol. The molecule has 1 aromatic heterocycles. The number of hydrogen-bond donors (Lipinski definition) is 0. The number of benzene rings is 6. The summed E-state index contributed by atoms with van der Waals surface area (Å²) in [7, 11) is 0. The first kappa shape index (κ1) is 36.9. The Bertz CT molecular complexity index is 2950. The normalized spacial score (nSPS) is 17.0. The zero-order valence-corrected chi connectivity index (χ0v) is 37.0. The quantitative estimate of drug-likeness (QED) is 0.163. The smallest absolute Gasteiger partial charge is 0.256 e. The molecule has 6 aromatic carbocycles. The Morgan fingerprint density at radius 3 is 1.74 bits per heavy atom. The second kappa shape index (κ2) is 12.1. The standard InChI is InChI=1S/C56H53BN2O2/c1-33-26-46-51-47(27-33)59(37-24-20-35(21-25-37)54(5,6)7)52-50(40-30-55(8,9)31-49(40)61-52)57(51)44-28-43-48(29-45(44)58(46)36-22-18-34(19-23-36)53(2,3)4)60-32-56(43)41-16-12-10-14-38(41)39-15-11-13-17-42(39)56/h10-29H,30-32H2,1-9H3. The summed E-state index contributed by atoms with van der Waals surface area (Å²) in [4.78, 5) is 4.98. The van der Waals surface area contributed by atoms with Crippen LogP contribution in [-0.4, -0.2) is 13.3 Å². The highest BCUT2D eigenvalue weighted by Crippen LogP contribution is 2.58. The lowest BCUT2D eigenvalue weighted by molar-refractivity contribution is 0.315. The highest BCUT2D eigenvalue weighted by atomic mass is 16.5. The molecule has 5 aliphatic rings. The maximum absolute atomic E-state index is 7.28. The summed E-state index contributed by atoms with van der Waals surface area (Å²) in [6, 6.07) is 46.3. The van der Waals surface area contributed by atoms with Crippen molar-refractivity contribution in [3.05, 3.63) is 166 Å². The summed E-state index contributed by atoms with van der Waals surface area (Å²) in [6.45, 7) is 21.3. The lowest BCUT2D eigenvalue weighted by Crippen LogP contribution is -2.62. The van der Waals surface area contributed by atoms with E-state index in [-0.39, 0.29) is 23.0 Å². The molecule has 4 nitrogen and oxygen atoms in total. The van der Waals surface area contributed by atoms with Crippen LogP contribution in [0.3, 0.4) is 0 Å². The van der Waals surface area contributed by atoms with Gasteiger partial charge in [-0.1, -0.05) is 134 Å². The third-order valence-corrected chi connectivity index (χ3v) is 14.6. The second-order valence-electron chi connectivity index (χ2n) is 21.3. The molecule has 302 valence electrons. The van der Waals surface area contributed by atoms with E-state index in [2.05, 4.69) is 193 Å². The SMILES string of the molecule is Cc1cc2c3c(c1)N(c1ccc(C(C)(C)C)cc1)c1oc4c(c1B3c1cc3c(cc1N2c1ccc(C(C)(C)C)cc1)OCC31c2ccccc2-c2ccccc21)CC(C)(C)C4. The van der Waals surface area contributed by atoms with Crippen molar-refractivity contribution in [2.45, 2.75) is 91.4 Å². The summed E-state index contributed by atoms with van der Waals surface area (Å²) >= 11 is 0. The van der Waals surface area contributed by atoms with Gasteiger partial charge in [0.25, 0.3) is 6.71 Å². The van der Waals surface area contributed by atoms with Crippen molar-refractivity contribution >= 4 is 57.4 Å². The molecule has 61 heavy (non-hydrogen) atoms. The molecule has 1 spiro atoms. The van der Waals surface area contributed by atoms with Crippen molar-refractivity contribution in [1.29, 1.82) is 0 Å². The van der Waals surface area contributed by atoms with Crippen molar-refractivity contribution in [2.75, 3.05) is 16.4 Å². The molecule has 3 aliphatic heterocycles. The average molecular weight is 797 g/mol. The van der Waals surface area contributed by atoms with Gasteiger partial charge in [-0.15, -0.1) is 0 Å². The highest BCUT2D eigenvalue weighted by molar-refractivity contribution is 7.00. The molecule has 0 atom stereocenters. The summed E-state index contributed by atoms with van der Waals surface area (Å²) < 4.78 is 14.3. The number of nitrogens with zero attached hydrogens (tertiary/aromatic N) is 2. The summed E-state index contributed by atoms with van der Waals surface area (Å²) in [5, 5.41) is 0. The van der Waals surface area contributed by atoms with Crippen LogP contribution in [0.5, 0.6) is 5.75 Å². The third kappa shape index (κ3) is 5.07. The van der Waals surface area contributed by atoms with E-state index in [9.17, 15) is 0 Å². The molecule has 7 aromatic rings. The van der Waals surface area contributed by atoms with E-state index in [1.807, 2.05) is 0 Å². The van der Waals surface area contributed by atoms with Gasteiger partial charge >= 0.3 is 0 Å². The topological polar surface area (TPSA) is 28.9 Å². The van der Waals surface area contributed by atoms with Gasteiger partial charge in [0.1, 0.15) is 18.1 Å². The molecule has 0 N–H and O–H groups in total. The fraction of sp³-hybridized carbons (Fsp3) is 0.286. The van der Waals surface area contributed by atoms with Crippen molar-refractivity contribution in [3.63, 3.8) is 0 Å². The molecule has 0 amide bonds. The van der Waals surface area contributed by atoms with Gasteiger partial charge in [0, 0.05) is 46.5 Å². The molecule has 0 unspecified atom stereocenters. The number of fused-ring (bicyclic) bond motifs is 13. The molecule has 0 saturated heterocycles. The molecule has 0 radical (unpaired) electrons. The minimum atomic E-state index is -0.411. The van der Waals surface area contributed by atoms with Gasteiger partial charge in [-0.05, 0) is 127 Å². The lowest BCUT2D eigenvalue weighted by Gasteiger charge is -2.43. The zero-order valence-electron chi connectivity index (χ0n) is 37.0. The number of anilines is 6. The van der Waals surface area contributed by atoms with Crippen LogP contribution in [0.1, 0.15) is 100 Å². The summed E-state index contributed by atoms with van der Waals surface area (Å²) in [5.41, 5.74) is 21.4. The van der Waals surface area contributed by atoms with E-state index >= 15 is 0 Å². The van der Waals surface area contributed by atoms with Gasteiger partial charge in [0.15, 0.2) is 5.88 Å². The van der Waals surface area contributed by atoms with Crippen LogP contribution in [0.2, 0.25) is 0 Å². The molecule has 0 bridgehead atoms. The lowest BCUT2D eigenvalue weighted by atomic mass is 9.33. The van der Waals surface area contributed by atoms with E-state index in [4.69, 9.17) is 9.15 Å². The van der Waals surface area contributed by atoms with Gasteiger partial charge in [0.05, 0.1) is 5.41 Å². The predicted octanol–water partition coefficient (Wildman–Crippen LogP) is 12.1. The van der Waals surface area contributed by atoms with Gasteiger partial charge in [0.2, 0.25) is 0 Å². The molecular weight excluding hydrogens is 743 g/mol. The van der Waals surface area contributed by atoms with Crippen molar-refractivity contribution in [2.24, 2.45) is 5.41 Å². The van der Waals surface area contributed by atoms with Gasteiger partial charge in [-0.2, -0.15) is 0 Å². The van der Waals surface area contributed by atoms with E-state index in [1.165, 1.54) is 83.5 Å². The fourth-order valence-corrected chi connectivity index (χ4v) is 11.7. The Morgan fingerprint density at radius 1 is 0.590 bits per heavy atom. The largest absolute Gasteiger partial charge is 0.492 e. The van der Waals surface area contributed by atoms with Crippen LogP contribution in [0.25, 0.3) is 11.1 Å². The third-order valence-electron chi connectivity index (χ3n) is 14.6. The van der Waals surface area contributed by atoms with E-state index in [0.29, 0.717) is 6.61 Å². The van der Waals surface area contributed by atoms with Gasteiger partial charge in [-0.3, -0.25) is 4.90 Å². The van der Waals surface area contributed by atoms with Crippen LogP contribution < -0.4 is 30.9 Å². The fourth-order valence-electron chi connectivity index (χ4n) is 11.7. The molecule has 12 rings (SSSR count). The number of furan rings is 1. The van der Waals surface area contributed by atoms with Crippen LogP contribution in [0, 0.1) is 12.3 Å². The molecule has 5 heteroatoms. The van der Waals surface area contributed by atoms with Crippen molar-refractivity contribution in [1.82, 2.24) is 0 Å². The average Bonchev–Trinajstić information content (AvgIpc) is 3.94. The number of ether oxygens (including phenoxy) is 1. The van der Waals surface area contributed by atoms with Crippen LogP contribution >= 0.6 is 0 Å². The van der Waals surface area contributed by atoms with Crippen molar-refractivity contribution < 1.29 is 9.15 Å². The number of aryl methyl sites for hydroxylation is 1. The Hall–Kier alpha value is -5.94. The highest BCUT2D eigenvalue weighted by Gasteiger charge is 2.54. The van der Waals surface area contributed by atoms with Crippen LogP contribution in [0.4, 0.5) is 34.3 Å². The molecular formula is C56H53BN2O2. The van der Waals surface area contributed by atoms with Gasteiger partial charge in [-0.25, -0.2) is 0 Å². The van der Waals surface area contributed by atoms with Crippen LogP contribution in [0.15, 0.2) is 126 Å². The minimum Gasteiger partial charge on any atom is -0.492 e. The second-order valence-corrected chi connectivity index (χ2v) is 21.3. The molecule has 0 saturated carbocycles. The maximum Gasteiger partial charge on any atom is 0.256 e. The van der Waals surface area contributed by atoms with Crippen LogP contribution in [-0.2, 0) is 29.1 Å². The van der Waals surface area contributed by atoms with E-state index in [0.717, 1.165) is 41.6 Å². The Morgan fingerprint density at radius 2 is 1.15 bits per heavy atom. The Balaban J connectivity index is 1.17. The molecule has 2 aliphatic carbocycles. The van der Waals surface area contributed by atoms with E-state index < -0.39 is 5.41 Å². The first-order chi connectivity index (χ1) is 29.1. The maximum atomic E-state index is 7.28. The molecule has 4 heterocycles. The van der Waals surface area contributed by atoms with Crippen molar-refractivity contribution in [3.8, 4) is 16.9 Å². The Kier molecular flexibility index (Phi) is 7.33. The number of hydrogen-bond acceptors (Lipinski definition) is 4.